The summed E-state index contributed by atoms with van der Waals surface area (Å²) in [5.74, 6) is 6.62. The highest BCUT2D eigenvalue weighted by Gasteiger charge is 2.39. The van der Waals surface area contributed by atoms with Crippen molar-refractivity contribution in [1.82, 2.24) is 29.7 Å². The quantitative estimate of drug-likeness (QED) is 0.0647. The Hall–Kier alpha value is -7.29. The number of imide groups is 1. The van der Waals surface area contributed by atoms with E-state index in [2.05, 4.69) is 66.8 Å². The van der Waals surface area contributed by atoms with Crippen molar-refractivity contribution in [3.8, 4) is 40.3 Å². The molecule has 1 atom stereocenters. The first-order chi connectivity index (χ1) is 29.5. The van der Waals surface area contributed by atoms with Gasteiger partial charge in [-0.1, -0.05) is 18.1 Å². The largest absolute Gasteiger partial charge is 0.500 e. The summed E-state index contributed by atoms with van der Waals surface area (Å²) in [5, 5.41) is 4.61. The summed E-state index contributed by atoms with van der Waals surface area (Å²) < 4.78 is 26.4. The van der Waals surface area contributed by atoms with Crippen LogP contribution in [0.15, 0.2) is 85.5 Å². The predicted octanol–water partition coefficient (Wildman–Crippen LogP) is 6.71. The molecular formula is C47H41N7O7. The van der Waals surface area contributed by atoms with Gasteiger partial charge in [0.15, 0.2) is 0 Å². The fraction of sp³-hybridized carbons (Fsp3) is 0.298. The Labute approximate surface area is 351 Å². The Morgan fingerprint density at radius 1 is 0.902 bits per heavy atom. The van der Waals surface area contributed by atoms with Crippen molar-refractivity contribution >= 4 is 45.2 Å². The summed E-state index contributed by atoms with van der Waals surface area (Å²) in [7, 11) is 2.07. The monoisotopic (exact) mass is 815 g/mol. The molecule has 1 unspecified atom stereocenters. The van der Waals surface area contributed by atoms with Gasteiger partial charge in [-0.2, -0.15) is 0 Å². The van der Waals surface area contributed by atoms with Gasteiger partial charge in [-0.3, -0.25) is 24.7 Å². The first-order valence-electron chi connectivity index (χ1n) is 20.1. The predicted molar refractivity (Wildman–Crippen MR) is 225 cm³/mol. The van der Waals surface area contributed by atoms with Crippen molar-refractivity contribution in [2.75, 3.05) is 13.2 Å². The molecule has 1 aliphatic carbocycles. The Kier molecular flexibility index (Phi) is 10.3. The second-order valence-corrected chi connectivity index (χ2v) is 15.8. The van der Waals surface area contributed by atoms with Crippen LogP contribution in [0.2, 0.25) is 0 Å². The molecule has 3 amide bonds. The van der Waals surface area contributed by atoms with Gasteiger partial charge in [0.25, 0.3) is 5.91 Å². The van der Waals surface area contributed by atoms with E-state index in [0.29, 0.717) is 53.6 Å². The molecule has 3 aliphatic rings. The van der Waals surface area contributed by atoms with Crippen LogP contribution in [0.25, 0.3) is 37.8 Å². The molecule has 14 heteroatoms. The number of nitrogens with zero attached hydrogens (tertiary/aromatic N) is 6. The number of rotatable bonds is 11. The molecule has 0 spiro atoms. The highest BCUT2D eigenvalue weighted by atomic mass is 16.5. The number of aromatic nitrogens is 4. The van der Waals surface area contributed by atoms with Gasteiger partial charge in [0.1, 0.15) is 47.7 Å². The Balaban J connectivity index is 0.730. The molecule has 2 aliphatic heterocycles. The third-order valence-corrected chi connectivity index (χ3v) is 11.3. The van der Waals surface area contributed by atoms with E-state index in [1.807, 2.05) is 50.6 Å². The molecule has 4 aromatic heterocycles. The number of benzene rings is 2. The zero-order valence-electron chi connectivity index (χ0n) is 33.8. The van der Waals surface area contributed by atoms with Crippen LogP contribution in [0.1, 0.15) is 61.1 Å². The Morgan fingerprint density at radius 2 is 1.74 bits per heavy atom. The molecule has 306 valence electrons. The van der Waals surface area contributed by atoms with E-state index in [9.17, 15) is 14.4 Å². The molecule has 6 aromatic rings. The summed E-state index contributed by atoms with van der Waals surface area (Å²) in [6, 6.07) is 18.5. The molecule has 1 saturated carbocycles. The van der Waals surface area contributed by atoms with Crippen LogP contribution < -0.4 is 19.5 Å². The Morgan fingerprint density at radius 3 is 2.54 bits per heavy atom. The van der Waals surface area contributed by atoms with Crippen LogP contribution in [0.4, 0.5) is 5.69 Å². The minimum absolute atomic E-state index is 0.0527. The number of nitrogens with one attached hydrogen (secondary N) is 1. The van der Waals surface area contributed by atoms with E-state index in [0.717, 1.165) is 38.5 Å². The zero-order valence-corrected chi connectivity index (χ0v) is 33.8. The number of aryl methyl sites for hydroxylation is 1. The number of carbonyl (C=O) groups is 3. The molecule has 2 fully saturated rings. The Bertz CT molecular complexity index is 2830. The van der Waals surface area contributed by atoms with Gasteiger partial charge in [-0.05, 0) is 79.8 Å². The van der Waals surface area contributed by atoms with Crippen LogP contribution >= 0.6 is 0 Å². The zero-order chi connectivity index (χ0) is 42.3. The normalized spacial score (nSPS) is 18.5. The van der Waals surface area contributed by atoms with Crippen LogP contribution in [-0.4, -0.2) is 79.2 Å². The summed E-state index contributed by atoms with van der Waals surface area (Å²) in [5.41, 5.74) is 5.52. The third kappa shape index (κ3) is 8.06. The average Bonchev–Trinajstić information content (AvgIpc) is 3.73. The van der Waals surface area contributed by atoms with Gasteiger partial charge in [-0.15, -0.1) is 0 Å². The molecule has 2 aromatic carbocycles. The summed E-state index contributed by atoms with van der Waals surface area (Å²) in [6.07, 6.45) is 8.72. The van der Waals surface area contributed by atoms with Crippen molar-refractivity contribution in [2.45, 2.75) is 69.9 Å². The number of ether oxygens (including phenoxy) is 4. The molecular weight excluding hydrogens is 775 g/mol. The molecule has 0 bridgehead atoms. The van der Waals surface area contributed by atoms with E-state index in [1.54, 1.807) is 24.3 Å². The maximum atomic E-state index is 13.0. The van der Waals surface area contributed by atoms with Crippen LogP contribution in [0, 0.1) is 18.4 Å². The third-order valence-electron chi connectivity index (χ3n) is 11.3. The van der Waals surface area contributed by atoms with Crippen molar-refractivity contribution < 1.29 is 33.3 Å². The van der Waals surface area contributed by atoms with E-state index in [-0.39, 0.29) is 50.2 Å². The van der Waals surface area contributed by atoms with Crippen LogP contribution in [0.3, 0.4) is 0 Å². The topological polar surface area (TPSA) is 151 Å². The summed E-state index contributed by atoms with van der Waals surface area (Å²) in [6.45, 7) is 12.2. The molecule has 14 nitrogen and oxygen atoms in total. The molecule has 1 N–H and O–H groups in total. The average molecular weight is 816 g/mol. The number of fused-ring (bicyclic) bond motifs is 4. The first-order valence-corrected chi connectivity index (χ1v) is 20.1. The van der Waals surface area contributed by atoms with E-state index >= 15 is 0 Å². The lowest BCUT2D eigenvalue weighted by molar-refractivity contribution is -0.136. The van der Waals surface area contributed by atoms with E-state index in [1.165, 1.54) is 11.1 Å². The minimum atomic E-state index is -0.842. The summed E-state index contributed by atoms with van der Waals surface area (Å²) in [4.78, 5) is 55.4. The smallest absolute Gasteiger partial charge is 0.255 e. The lowest BCUT2D eigenvalue weighted by Crippen LogP contribution is -2.52. The second kappa shape index (κ2) is 16.0. The lowest BCUT2D eigenvalue weighted by atomic mass is 9.92. The molecule has 61 heavy (non-hydrogen) atoms. The number of hydrogen-bond acceptors (Lipinski definition) is 10. The van der Waals surface area contributed by atoms with Crippen LogP contribution in [-0.2, 0) is 27.9 Å². The fourth-order valence-electron chi connectivity index (χ4n) is 7.94. The van der Waals surface area contributed by atoms with Crippen molar-refractivity contribution in [2.24, 2.45) is 7.05 Å². The first kappa shape index (κ1) is 39.2. The van der Waals surface area contributed by atoms with Gasteiger partial charge < -0.3 is 28.4 Å². The van der Waals surface area contributed by atoms with Gasteiger partial charge in [0.2, 0.25) is 23.4 Å². The van der Waals surface area contributed by atoms with Gasteiger partial charge >= 0.3 is 0 Å². The van der Waals surface area contributed by atoms with Crippen molar-refractivity contribution in [3.05, 3.63) is 114 Å². The standard InChI is InChI=1S/C47H41N7O7/c1-47(2,59-18-17-58-32-7-9-35-30(19-32)27-54(46(35)57)40-10-11-43(55)52-45(40)56)15-13-31-21-38(48-3)42(26-50-31)60-33-22-34(23-33)61-44-12-6-29(24-51-44)28-5-8-36-37-25-49-16-14-39(37)53(4)41(36)20-28/h5-9,12,14,16,19-21,24-26,33-34,40H,10-11,17-18,22-23,27H2,1-2,4H3,(H,52,55,56). The molecule has 6 heterocycles. The van der Waals surface area contributed by atoms with Gasteiger partial charge in [0, 0.05) is 84.9 Å². The number of piperidine rings is 1. The SMILES string of the molecule is [C-]#[N+]c1cc(C#CC(C)(C)OCCOc2ccc3c(c2)CN(C2CCC(=O)NC2=O)C3=O)ncc1OC1CC(Oc2ccc(-c3ccc4c5cnccc5n(C)c4c3)cn2)C1. The number of hydrogen-bond donors (Lipinski definition) is 1. The highest BCUT2D eigenvalue weighted by molar-refractivity contribution is 6.08. The van der Waals surface area contributed by atoms with Crippen molar-refractivity contribution in [1.29, 1.82) is 0 Å². The second-order valence-electron chi connectivity index (χ2n) is 15.8. The lowest BCUT2D eigenvalue weighted by Gasteiger charge is -2.35. The molecule has 9 rings (SSSR count). The maximum absolute atomic E-state index is 13.0. The summed E-state index contributed by atoms with van der Waals surface area (Å²) >= 11 is 0. The highest BCUT2D eigenvalue weighted by Crippen LogP contribution is 2.36. The van der Waals surface area contributed by atoms with Crippen LogP contribution in [0.5, 0.6) is 17.4 Å². The van der Waals surface area contributed by atoms with Gasteiger partial charge in [-0.25, -0.2) is 14.8 Å². The van der Waals surface area contributed by atoms with Gasteiger partial charge in [0.05, 0.1) is 24.9 Å². The van der Waals surface area contributed by atoms with E-state index in [4.69, 9.17) is 25.5 Å². The molecule has 0 radical (unpaired) electrons. The fourth-order valence-corrected chi connectivity index (χ4v) is 7.94. The number of amides is 3. The van der Waals surface area contributed by atoms with Crippen molar-refractivity contribution in [3.63, 3.8) is 0 Å². The number of carbonyl (C=O) groups excluding carboxylic acids is 3. The molecule has 1 saturated heterocycles. The number of pyridine rings is 3. The van der Waals surface area contributed by atoms with E-state index < -0.39 is 17.6 Å². The maximum Gasteiger partial charge on any atom is 0.255 e. The minimum Gasteiger partial charge on any atom is -0.500 e.